The van der Waals surface area contributed by atoms with Crippen LogP contribution in [0.4, 0.5) is 25.2 Å². The average Bonchev–Trinajstić information content (AvgIpc) is 3.64. The van der Waals surface area contributed by atoms with Gasteiger partial charge in [-0.05, 0) is 36.8 Å². The van der Waals surface area contributed by atoms with Gasteiger partial charge in [-0.3, -0.25) is 9.69 Å². The van der Waals surface area contributed by atoms with Crippen molar-refractivity contribution < 1.29 is 27.8 Å². The summed E-state index contributed by atoms with van der Waals surface area (Å²) in [6.07, 6.45) is 4.52. The highest BCUT2D eigenvalue weighted by Gasteiger charge is 2.48. The van der Waals surface area contributed by atoms with Gasteiger partial charge >= 0.3 is 6.09 Å². The van der Waals surface area contributed by atoms with E-state index in [1.807, 2.05) is 6.92 Å². The van der Waals surface area contributed by atoms with Crippen molar-refractivity contribution in [2.24, 2.45) is 11.7 Å². The number of halogens is 2. The maximum Gasteiger partial charge on any atom is 0.416 e. The number of hydrogen-bond donors (Lipinski definition) is 2. The number of amides is 2. The Morgan fingerprint density at radius 3 is 2.68 bits per heavy atom. The summed E-state index contributed by atoms with van der Waals surface area (Å²) < 4.78 is 43.7. The van der Waals surface area contributed by atoms with E-state index in [0.29, 0.717) is 69.5 Å². The Bertz CT molecular complexity index is 1570. The molecule has 14 heteroatoms. The van der Waals surface area contributed by atoms with Gasteiger partial charge in [0.1, 0.15) is 16.6 Å². The number of nitrogens with one attached hydrogen (secondary N) is 1. The van der Waals surface area contributed by atoms with Gasteiger partial charge < -0.3 is 30.0 Å². The van der Waals surface area contributed by atoms with Gasteiger partial charge in [0.2, 0.25) is 0 Å². The predicted octanol–water partition coefficient (Wildman–Crippen LogP) is 1.99. The van der Waals surface area contributed by atoms with Gasteiger partial charge in [0.15, 0.2) is 29.9 Å². The Morgan fingerprint density at radius 2 is 1.93 bits per heavy atom. The van der Waals surface area contributed by atoms with E-state index in [9.17, 15) is 9.59 Å². The fourth-order valence-corrected chi connectivity index (χ4v) is 6.53. The van der Waals surface area contributed by atoms with Gasteiger partial charge in [-0.2, -0.15) is 0 Å². The number of ether oxygens (including phenoxy) is 2. The van der Waals surface area contributed by atoms with Crippen molar-refractivity contribution >= 4 is 34.7 Å². The fraction of sp³-hybridized carbons (Fsp3) is 0.519. The fourth-order valence-electron chi connectivity index (χ4n) is 6.53. The van der Waals surface area contributed by atoms with Crippen molar-refractivity contribution in [3.63, 3.8) is 0 Å². The molecule has 4 aliphatic rings. The Kier molecular flexibility index (Phi) is 6.08. The summed E-state index contributed by atoms with van der Waals surface area (Å²) in [5.41, 5.74) is 6.34. The van der Waals surface area contributed by atoms with Crippen LogP contribution in [0.1, 0.15) is 30.9 Å². The lowest BCUT2D eigenvalue weighted by Crippen LogP contribution is -2.48. The van der Waals surface area contributed by atoms with Crippen molar-refractivity contribution in [2.45, 2.75) is 50.8 Å². The standard InChI is InChI=1S/C27H30F2N8O4/c1-14(30)9-36-13-32-22-20(28)16-6-15(7-17(16)21(29)23(22)36)10-35-4-2-27(3-5-35)12-37(26(39)41-27)18-8-31-25-24(33-18)34-19(38)11-40-25/h8,13-15H,2-7,9-12,30H2,1H3,(H,33,34,38)/t14-,15?/m0/s1. The number of rotatable bonds is 5. The van der Waals surface area contributed by atoms with E-state index in [2.05, 4.69) is 25.2 Å². The second-order valence-electron chi connectivity index (χ2n) is 11.6. The van der Waals surface area contributed by atoms with Crippen molar-refractivity contribution in [1.29, 1.82) is 0 Å². The van der Waals surface area contributed by atoms with Gasteiger partial charge in [0.25, 0.3) is 11.8 Å². The Hall–Kier alpha value is -3.91. The number of nitrogens with two attached hydrogens (primary N) is 1. The zero-order valence-electron chi connectivity index (χ0n) is 22.5. The molecule has 2 aromatic heterocycles. The number of hydrogen-bond acceptors (Lipinski definition) is 9. The maximum atomic E-state index is 15.6. The highest BCUT2D eigenvalue weighted by atomic mass is 19.1. The highest BCUT2D eigenvalue weighted by Crippen LogP contribution is 2.39. The van der Waals surface area contributed by atoms with Crippen LogP contribution in [0, 0.1) is 17.6 Å². The molecule has 2 fully saturated rings. The molecule has 1 aromatic carbocycles. The van der Waals surface area contributed by atoms with Crippen LogP contribution in [-0.2, 0) is 28.9 Å². The second kappa shape index (κ2) is 9.58. The summed E-state index contributed by atoms with van der Waals surface area (Å²) in [7, 11) is 0. The Labute approximate surface area is 233 Å². The van der Waals surface area contributed by atoms with Gasteiger partial charge in [-0.15, -0.1) is 0 Å². The minimum absolute atomic E-state index is 0.0635. The maximum absolute atomic E-state index is 15.6. The lowest BCUT2D eigenvalue weighted by Gasteiger charge is -2.38. The number of anilines is 2. The number of aromatic nitrogens is 4. The van der Waals surface area contributed by atoms with Crippen LogP contribution in [0.25, 0.3) is 11.0 Å². The molecular weight excluding hydrogens is 538 g/mol. The first kappa shape index (κ1) is 26.0. The lowest BCUT2D eigenvalue weighted by atomic mass is 9.90. The van der Waals surface area contributed by atoms with Crippen molar-refractivity contribution in [3.8, 4) is 5.88 Å². The average molecular weight is 569 g/mol. The summed E-state index contributed by atoms with van der Waals surface area (Å²) in [6, 6.07) is -0.215. The largest absolute Gasteiger partial charge is 0.465 e. The molecule has 0 radical (unpaired) electrons. The van der Waals surface area contributed by atoms with Crippen molar-refractivity contribution in [1.82, 2.24) is 24.4 Å². The molecular formula is C27H30F2N8O4. The highest BCUT2D eigenvalue weighted by molar-refractivity contribution is 5.94. The predicted molar refractivity (Wildman–Crippen MR) is 143 cm³/mol. The molecule has 0 saturated carbocycles. The normalized spacial score (nSPS) is 22.4. The second-order valence-corrected chi connectivity index (χ2v) is 11.6. The third kappa shape index (κ3) is 4.45. The summed E-state index contributed by atoms with van der Waals surface area (Å²) in [4.78, 5) is 40.8. The molecule has 3 N–H and O–H groups in total. The number of benzene rings is 1. The minimum atomic E-state index is -0.663. The number of likely N-dealkylation sites (tertiary alicyclic amines) is 1. The molecule has 1 aliphatic carbocycles. The van der Waals surface area contributed by atoms with E-state index >= 15 is 8.78 Å². The molecule has 2 atom stereocenters. The first-order chi connectivity index (χ1) is 19.7. The smallest absolute Gasteiger partial charge is 0.416 e. The lowest BCUT2D eigenvalue weighted by molar-refractivity contribution is -0.118. The zero-order chi connectivity index (χ0) is 28.5. The van der Waals surface area contributed by atoms with Gasteiger partial charge in [-0.25, -0.2) is 28.5 Å². The molecule has 2 saturated heterocycles. The monoisotopic (exact) mass is 568 g/mol. The summed E-state index contributed by atoms with van der Waals surface area (Å²) >= 11 is 0. The molecule has 7 rings (SSSR count). The first-order valence-electron chi connectivity index (χ1n) is 13.8. The van der Waals surface area contributed by atoms with Crippen LogP contribution < -0.4 is 20.7 Å². The minimum Gasteiger partial charge on any atom is -0.465 e. The van der Waals surface area contributed by atoms with E-state index in [1.54, 1.807) is 4.57 Å². The number of carbonyl (C=O) groups excluding carboxylic acids is 2. The molecule has 1 spiro atoms. The topological polar surface area (TPSA) is 141 Å². The molecule has 5 heterocycles. The molecule has 3 aliphatic heterocycles. The van der Waals surface area contributed by atoms with Crippen LogP contribution in [0.3, 0.4) is 0 Å². The Morgan fingerprint density at radius 1 is 1.17 bits per heavy atom. The number of nitrogens with zero attached hydrogens (tertiary/aromatic N) is 6. The van der Waals surface area contributed by atoms with Crippen LogP contribution in [0.15, 0.2) is 12.5 Å². The first-order valence-corrected chi connectivity index (χ1v) is 13.8. The number of fused-ring (bicyclic) bond motifs is 3. The molecule has 3 aromatic rings. The van der Waals surface area contributed by atoms with E-state index in [1.165, 1.54) is 17.4 Å². The summed E-state index contributed by atoms with van der Waals surface area (Å²) in [5, 5.41) is 2.60. The van der Waals surface area contributed by atoms with Gasteiger partial charge in [0, 0.05) is 45.1 Å². The van der Waals surface area contributed by atoms with E-state index in [4.69, 9.17) is 15.2 Å². The van der Waals surface area contributed by atoms with Crippen LogP contribution >= 0.6 is 0 Å². The van der Waals surface area contributed by atoms with Crippen molar-refractivity contribution in [2.75, 3.05) is 43.0 Å². The van der Waals surface area contributed by atoms with E-state index in [0.717, 1.165) is 0 Å². The SMILES string of the molecule is C[C@H](N)Cn1cnc2c(F)c3c(c(F)c21)CC(CN1CCC2(CC1)CN(c1cnc4c(n1)NC(=O)CO4)C(=O)O2)C3. The molecule has 1 unspecified atom stereocenters. The number of imidazole rings is 1. The summed E-state index contributed by atoms with van der Waals surface area (Å²) in [6.45, 7) is 4.41. The zero-order valence-corrected chi connectivity index (χ0v) is 22.5. The van der Waals surface area contributed by atoms with Crippen LogP contribution in [0.2, 0.25) is 0 Å². The molecule has 216 valence electrons. The molecule has 2 amide bonds. The molecule has 41 heavy (non-hydrogen) atoms. The third-order valence-corrected chi connectivity index (χ3v) is 8.47. The van der Waals surface area contributed by atoms with Crippen LogP contribution in [0.5, 0.6) is 5.88 Å². The molecule has 0 bridgehead atoms. The summed E-state index contributed by atoms with van der Waals surface area (Å²) in [5.74, 6) is -0.444. The number of piperidine rings is 1. The quantitative estimate of drug-likeness (QED) is 0.473. The van der Waals surface area contributed by atoms with E-state index < -0.39 is 23.3 Å². The van der Waals surface area contributed by atoms with Gasteiger partial charge in [-0.1, -0.05) is 0 Å². The van der Waals surface area contributed by atoms with Crippen LogP contribution in [-0.4, -0.2) is 80.8 Å². The number of carbonyl (C=O) groups is 2. The van der Waals surface area contributed by atoms with Crippen molar-refractivity contribution in [3.05, 3.63) is 35.3 Å². The van der Waals surface area contributed by atoms with Gasteiger partial charge in [0.05, 0.1) is 19.1 Å². The van der Waals surface area contributed by atoms with E-state index in [-0.39, 0.29) is 53.0 Å². The third-order valence-electron chi connectivity index (χ3n) is 8.47. The Balaban J connectivity index is 1.00. The molecule has 12 nitrogen and oxygen atoms in total.